The first kappa shape index (κ1) is 17.5. The van der Waals surface area contributed by atoms with Gasteiger partial charge in [0, 0.05) is 28.4 Å². The molecule has 0 saturated carbocycles. The van der Waals surface area contributed by atoms with Gasteiger partial charge in [-0.2, -0.15) is 13.2 Å². The molecule has 0 bridgehead atoms. The van der Waals surface area contributed by atoms with E-state index >= 15 is 0 Å². The van der Waals surface area contributed by atoms with Crippen LogP contribution in [0.3, 0.4) is 0 Å². The number of halogens is 3. The number of carbonyl (C=O) groups excluding carboxylic acids is 1. The number of nitrogens with two attached hydrogens (primary N) is 1. The summed E-state index contributed by atoms with van der Waals surface area (Å²) in [6.45, 7) is 3.37. The van der Waals surface area contributed by atoms with Crippen LogP contribution in [0.4, 0.5) is 18.9 Å². The largest absolute Gasteiger partial charge is 0.416 e. The second-order valence-electron chi connectivity index (χ2n) is 6.64. The summed E-state index contributed by atoms with van der Waals surface area (Å²) in [4.78, 5) is 14.5. The van der Waals surface area contributed by atoms with Crippen molar-refractivity contribution in [2.75, 3.05) is 4.90 Å². The third-order valence-electron chi connectivity index (χ3n) is 4.59. The van der Waals surface area contributed by atoms with Crippen molar-refractivity contribution in [1.29, 1.82) is 0 Å². The molecular formula is C19H19F3N2O. The number of amides is 1. The SMILES string of the molecule is C[C@H](N)C1=CC2(C)CC=CC(C(F)(F)F)=C2C(=O)N1c1ccccc1. The minimum absolute atomic E-state index is 0.226. The second-order valence-corrected chi connectivity index (χ2v) is 6.64. The fourth-order valence-electron chi connectivity index (χ4n) is 3.44. The average Bonchev–Trinajstić information content (AvgIpc) is 2.53. The van der Waals surface area contributed by atoms with Gasteiger partial charge in [-0.15, -0.1) is 0 Å². The van der Waals surface area contributed by atoms with Gasteiger partial charge in [0.15, 0.2) is 0 Å². The summed E-state index contributed by atoms with van der Waals surface area (Å²) in [5.74, 6) is -0.667. The van der Waals surface area contributed by atoms with E-state index in [1.165, 1.54) is 11.0 Å². The Hall–Kier alpha value is -2.34. The molecule has 2 aliphatic rings. The molecule has 1 unspecified atom stereocenters. The van der Waals surface area contributed by atoms with E-state index in [4.69, 9.17) is 5.73 Å². The van der Waals surface area contributed by atoms with Crippen LogP contribution < -0.4 is 10.6 Å². The van der Waals surface area contributed by atoms with Gasteiger partial charge in [-0.1, -0.05) is 43.4 Å². The number of benzene rings is 1. The molecule has 0 saturated heterocycles. The molecule has 1 aliphatic heterocycles. The molecule has 132 valence electrons. The molecule has 6 heteroatoms. The van der Waals surface area contributed by atoms with Crippen molar-refractivity contribution in [3.63, 3.8) is 0 Å². The lowest BCUT2D eigenvalue weighted by Crippen LogP contribution is -2.47. The standard InChI is InChI=1S/C19H19F3N2O/c1-12(23)15-11-18(2)10-6-9-14(19(20,21)22)16(18)17(25)24(15)13-7-4-3-5-8-13/h3-9,11-12H,10,23H2,1-2H3/t12-,18?/m0/s1. The van der Waals surface area contributed by atoms with Crippen LogP contribution in [0, 0.1) is 5.41 Å². The number of anilines is 1. The Kier molecular flexibility index (Phi) is 4.11. The zero-order valence-corrected chi connectivity index (χ0v) is 14.0. The lowest BCUT2D eigenvalue weighted by Gasteiger charge is -2.43. The van der Waals surface area contributed by atoms with E-state index in [-0.39, 0.29) is 5.57 Å². The smallest absolute Gasteiger partial charge is 0.323 e. The molecule has 3 rings (SSSR count). The summed E-state index contributed by atoms with van der Waals surface area (Å²) < 4.78 is 40.5. The van der Waals surface area contributed by atoms with E-state index in [1.54, 1.807) is 50.3 Å². The van der Waals surface area contributed by atoms with Gasteiger partial charge in [-0.05, 0) is 25.5 Å². The predicted molar refractivity (Wildman–Crippen MR) is 90.6 cm³/mol. The van der Waals surface area contributed by atoms with Crippen LogP contribution in [0.1, 0.15) is 20.3 Å². The van der Waals surface area contributed by atoms with Crippen molar-refractivity contribution in [3.8, 4) is 0 Å². The molecule has 1 heterocycles. The molecule has 3 nitrogen and oxygen atoms in total. The highest BCUT2D eigenvalue weighted by molar-refractivity contribution is 6.11. The van der Waals surface area contributed by atoms with Gasteiger partial charge in [-0.3, -0.25) is 9.69 Å². The molecule has 25 heavy (non-hydrogen) atoms. The first-order valence-electron chi connectivity index (χ1n) is 8.01. The maximum atomic E-state index is 13.5. The molecule has 0 fully saturated rings. The zero-order valence-electron chi connectivity index (χ0n) is 14.0. The molecule has 0 aromatic heterocycles. The maximum absolute atomic E-state index is 13.5. The Morgan fingerprint density at radius 2 is 1.88 bits per heavy atom. The van der Waals surface area contributed by atoms with Crippen LogP contribution in [0.2, 0.25) is 0 Å². The fraction of sp³-hybridized carbons (Fsp3) is 0.316. The summed E-state index contributed by atoms with van der Waals surface area (Å²) in [6.07, 6.45) is -0.0930. The Balaban J connectivity index is 2.28. The molecule has 1 aromatic carbocycles. The van der Waals surface area contributed by atoms with Gasteiger partial charge in [0.1, 0.15) is 0 Å². The fourth-order valence-corrected chi connectivity index (χ4v) is 3.44. The summed E-state index contributed by atoms with van der Waals surface area (Å²) in [5.41, 5.74) is 4.92. The van der Waals surface area contributed by atoms with Gasteiger partial charge in [-0.25, -0.2) is 0 Å². The van der Waals surface area contributed by atoms with Crippen LogP contribution in [0.25, 0.3) is 0 Å². The van der Waals surface area contributed by atoms with E-state index in [0.29, 0.717) is 17.8 Å². The van der Waals surface area contributed by atoms with E-state index in [9.17, 15) is 18.0 Å². The first-order valence-corrected chi connectivity index (χ1v) is 8.01. The molecule has 0 radical (unpaired) electrons. The Labute approximate surface area is 144 Å². The highest BCUT2D eigenvalue weighted by Crippen LogP contribution is 2.48. The van der Waals surface area contributed by atoms with Crippen molar-refractivity contribution in [2.24, 2.45) is 11.1 Å². The summed E-state index contributed by atoms with van der Waals surface area (Å²) in [5, 5.41) is 0. The van der Waals surface area contributed by atoms with Crippen molar-refractivity contribution in [3.05, 3.63) is 65.4 Å². The van der Waals surface area contributed by atoms with Crippen molar-refractivity contribution in [2.45, 2.75) is 32.5 Å². The van der Waals surface area contributed by atoms with Crippen LogP contribution in [0.5, 0.6) is 0 Å². The minimum Gasteiger partial charge on any atom is -0.323 e. The maximum Gasteiger partial charge on any atom is 0.416 e. The number of allylic oxidation sites excluding steroid dienone is 4. The Morgan fingerprint density at radius 1 is 1.24 bits per heavy atom. The monoisotopic (exact) mass is 348 g/mol. The van der Waals surface area contributed by atoms with E-state index in [1.807, 2.05) is 0 Å². The molecule has 2 atom stereocenters. The Morgan fingerprint density at radius 3 is 2.44 bits per heavy atom. The average molecular weight is 348 g/mol. The number of alkyl halides is 3. The molecule has 1 aliphatic carbocycles. The zero-order chi connectivity index (χ0) is 18.4. The number of carbonyl (C=O) groups is 1. The van der Waals surface area contributed by atoms with Gasteiger partial charge in [0.2, 0.25) is 0 Å². The second kappa shape index (κ2) is 5.88. The van der Waals surface area contributed by atoms with Gasteiger partial charge in [0.05, 0.1) is 5.57 Å². The van der Waals surface area contributed by atoms with Crippen molar-refractivity contribution in [1.82, 2.24) is 0 Å². The van der Waals surface area contributed by atoms with Crippen molar-refractivity contribution >= 4 is 11.6 Å². The van der Waals surface area contributed by atoms with Crippen LogP contribution >= 0.6 is 0 Å². The molecule has 1 aromatic rings. The van der Waals surface area contributed by atoms with Crippen LogP contribution in [-0.4, -0.2) is 18.1 Å². The number of nitrogens with zero attached hydrogens (tertiary/aromatic N) is 1. The van der Waals surface area contributed by atoms with E-state index in [0.717, 1.165) is 6.08 Å². The van der Waals surface area contributed by atoms with Crippen LogP contribution in [-0.2, 0) is 4.79 Å². The molecule has 1 amide bonds. The number of hydrogen-bond donors (Lipinski definition) is 1. The third kappa shape index (κ3) is 2.91. The lowest BCUT2D eigenvalue weighted by molar-refractivity contribution is -0.118. The highest BCUT2D eigenvalue weighted by Gasteiger charge is 2.49. The highest BCUT2D eigenvalue weighted by atomic mass is 19.4. The Bertz CT molecular complexity index is 791. The number of rotatable bonds is 2. The van der Waals surface area contributed by atoms with Crippen molar-refractivity contribution < 1.29 is 18.0 Å². The summed E-state index contributed by atoms with van der Waals surface area (Å²) in [7, 11) is 0. The lowest BCUT2D eigenvalue weighted by atomic mass is 9.70. The van der Waals surface area contributed by atoms with Crippen LogP contribution in [0.15, 0.2) is 65.4 Å². The predicted octanol–water partition coefficient (Wildman–Crippen LogP) is 4.09. The molecular weight excluding hydrogens is 329 g/mol. The third-order valence-corrected chi connectivity index (χ3v) is 4.59. The first-order chi connectivity index (χ1) is 11.6. The summed E-state index contributed by atoms with van der Waals surface area (Å²) in [6, 6.07) is 8.11. The van der Waals surface area contributed by atoms with Gasteiger partial charge in [0.25, 0.3) is 5.91 Å². The topological polar surface area (TPSA) is 46.3 Å². The summed E-state index contributed by atoms with van der Waals surface area (Å²) >= 11 is 0. The minimum atomic E-state index is -4.59. The number of para-hydroxylation sites is 1. The van der Waals surface area contributed by atoms with Gasteiger partial charge < -0.3 is 5.73 Å². The number of hydrogen-bond acceptors (Lipinski definition) is 2. The van der Waals surface area contributed by atoms with E-state index < -0.39 is 29.1 Å². The molecule has 2 N–H and O–H groups in total. The normalized spacial score (nSPS) is 25.0. The molecule has 0 spiro atoms. The quantitative estimate of drug-likeness (QED) is 0.875. The number of fused-ring (bicyclic) bond motifs is 1. The van der Waals surface area contributed by atoms with Gasteiger partial charge >= 0.3 is 6.18 Å². The van der Waals surface area contributed by atoms with E-state index in [2.05, 4.69) is 0 Å².